The van der Waals surface area contributed by atoms with E-state index in [2.05, 4.69) is 19.8 Å². The lowest BCUT2D eigenvalue weighted by atomic mass is 10.1. The van der Waals surface area contributed by atoms with Crippen LogP contribution in [0.25, 0.3) is 0 Å². The lowest BCUT2D eigenvalue weighted by molar-refractivity contribution is 0.637. The summed E-state index contributed by atoms with van der Waals surface area (Å²) in [5.41, 5.74) is 3.57. The molecule has 0 saturated carbocycles. The highest BCUT2D eigenvalue weighted by Gasteiger charge is 2.20. The van der Waals surface area contributed by atoms with Crippen molar-refractivity contribution in [2.75, 3.05) is 36.0 Å². The van der Waals surface area contributed by atoms with Crippen LogP contribution in [0.3, 0.4) is 0 Å². The Balaban J connectivity index is 1.46. The number of benzene rings is 2. The predicted molar refractivity (Wildman–Crippen MR) is 120 cm³/mol. The van der Waals surface area contributed by atoms with E-state index in [1.807, 2.05) is 55.5 Å². The molecule has 1 aromatic heterocycles. The van der Waals surface area contributed by atoms with E-state index in [0.717, 1.165) is 48.1 Å². The van der Waals surface area contributed by atoms with Crippen molar-refractivity contribution in [2.24, 2.45) is 0 Å². The van der Waals surface area contributed by atoms with Crippen molar-refractivity contribution in [3.05, 3.63) is 85.8 Å². The van der Waals surface area contributed by atoms with Crippen molar-refractivity contribution in [1.29, 1.82) is 0 Å². The van der Waals surface area contributed by atoms with Crippen molar-refractivity contribution in [3.63, 3.8) is 0 Å². The summed E-state index contributed by atoms with van der Waals surface area (Å²) < 4.78 is 0. The third-order valence-corrected chi connectivity index (χ3v) is 5.78. The first-order chi connectivity index (χ1) is 14.0. The van der Waals surface area contributed by atoms with E-state index in [1.54, 1.807) is 0 Å². The van der Waals surface area contributed by atoms with Crippen molar-refractivity contribution in [1.82, 2.24) is 9.97 Å². The fraction of sp³-hybridized carbons (Fsp3) is 0.273. The molecule has 3 aromatic rings. The van der Waals surface area contributed by atoms with Crippen LogP contribution in [0.2, 0.25) is 10.0 Å². The maximum Gasteiger partial charge on any atom is 0.256 e. The first kappa shape index (κ1) is 19.8. The van der Waals surface area contributed by atoms with Crippen molar-refractivity contribution >= 4 is 34.8 Å². The zero-order chi connectivity index (χ0) is 20.4. The number of hydrogen-bond acceptors (Lipinski definition) is 4. The zero-order valence-electron chi connectivity index (χ0n) is 16.2. The molecule has 1 aliphatic rings. The lowest BCUT2D eigenvalue weighted by Gasteiger charge is -2.36. The van der Waals surface area contributed by atoms with Crippen LogP contribution < -0.4 is 15.4 Å². The largest absolute Gasteiger partial charge is 0.368 e. The highest BCUT2D eigenvalue weighted by atomic mass is 35.5. The Labute approximate surface area is 179 Å². The normalized spacial score (nSPS) is 14.3. The van der Waals surface area contributed by atoms with Gasteiger partial charge in [-0.05, 0) is 48.9 Å². The van der Waals surface area contributed by atoms with Gasteiger partial charge in [-0.3, -0.25) is 9.78 Å². The molecule has 1 N–H and O–H groups in total. The number of aryl methyl sites for hydroxylation is 1. The number of rotatable bonds is 4. The second-order valence-electron chi connectivity index (χ2n) is 7.21. The molecule has 150 valence electrons. The molecule has 0 unspecified atom stereocenters. The maximum atomic E-state index is 12.7. The summed E-state index contributed by atoms with van der Waals surface area (Å²) in [4.78, 5) is 24.8. The Morgan fingerprint density at radius 1 is 0.897 bits per heavy atom. The topological polar surface area (TPSA) is 52.2 Å². The fourth-order valence-corrected chi connectivity index (χ4v) is 3.84. The Morgan fingerprint density at radius 2 is 1.45 bits per heavy atom. The number of hydrogen-bond donors (Lipinski definition) is 1. The molecule has 29 heavy (non-hydrogen) atoms. The molecule has 1 aliphatic heterocycles. The minimum Gasteiger partial charge on any atom is -0.368 e. The zero-order valence-corrected chi connectivity index (χ0v) is 17.7. The molecule has 0 radical (unpaired) electrons. The third-order valence-electron chi connectivity index (χ3n) is 5.27. The average Bonchev–Trinajstić information content (AvgIpc) is 2.73. The Bertz CT molecular complexity index is 1040. The Morgan fingerprint density at radius 3 is 2.03 bits per heavy atom. The quantitative estimate of drug-likeness (QED) is 0.672. The molecule has 4 rings (SSSR count). The predicted octanol–water partition coefficient (Wildman–Crippen LogP) is 4.30. The van der Waals surface area contributed by atoms with E-state index in [-0.39, 0.29) is 5.56 Å². The maximum absolute atomic E-state index is 12.7. The van der Waals surface area contributed by atoms with Crippen LogP contribution in [-0.2, 0) is 6.42 Å². The van der Waals surface area contributed by atoms with Gasteiger partial charge in [-0.15, -0.1) is 0 Å². The smallest absolute Gasteiger partial charge is 0.256 e. The van der Waals surface area contributed by atoms with Crippen LogP contribution >= 0.6 is 23.2 Å². The van der Waals surface area contributed by atoms with Crippen molar-refractivity contribution in [2.45, 2.75) is 13.3 Å². The van der Waals surface area contributed by atoms with Gasteiger partial charge in [0.2, 0.25) is 5.95 Å². The molecule has 2 heterocycles. The van der Waals surface area contributed by atoms with Gasteiger partial charge in [0.25, 0.3) is 5.56 Å². The minimum absolute atomic E-state index is 0.0809. The van der Waals surface area contributed by atoms with Crippen LogP contribution in [0.15, 0.2) is 53.3 Å². The van der Waals surface area contributed by atoms with E-state index in [4.69, 9.17) is 23.2 Å². The second kappa shape index (κ2) is 8.47. The van der Waals surface area contributed by atoms with Gasteiger partial charge in [-0.2, -0.15) is 0 Å². The van der Waals surface area contributed by atoms with E-state index < -0.39 is 0 Å². The van der Waals surface area contributed by atoms with Crippen LogP contribution in [0.5, 0.6) is 0 Å². The highest BCUT2D eigenvalue weighted by Crippen LogP contribution is 2.21. The van der Waals surface area contributed by atoms with Gasteiger partial charge in [0.1, 0.15) is 0 Å². The Kier molecular flexibility index (Phi) is 5.79. The standard InChI is InChI=1S/C22H22Cl2N4O/c1-15-20(14-16-2-4-17(23)5-3-16)21(29)26-22(25-15)28-12-10-27(11-13-28)19-8-6-18(24)7-9-19/h2-9H,10-14H2,1H3,(H,25,26,29). The summed E-state index contributed by atoms with van der Waals surface area (Å²) in [5.74, 6) is 0.642. The lowest BCUT2D eigenvalue weighted by Crippen LogP contribution is -2.47. The second-order valence-corrected chi connectivity index (χ2v) is 8.08. The number of anilines is 2. The number of nitrogens with one attached hydrogen (secondary N) is 1. The molecule has 1 fully saturated rings. The van der Waals surface area contributed by atoms with Gasteiger partial charge in [0.05, 0.1) is 5.69 Å². The number of nitrogens with zero attached hydrogens (tertiary/aromatic N) is 3. The summed E-state index contributed by atoms with van der Waals surface area (Å²) in [7, 11) is 0. The average molecular weight is 429 g/mol. The van der Waals surface area contributed by atoms with Crippen molar-refractivity contribution in [3.8, 4) is 0 Å². The highest BCUT2D eigenvalue weighted by molar-refractivity contribution is 6.30. The summed E-state index contributed by atoms with van der Waals surface area (Å²) in [6.45, 7) is 5.20. The third kappa shape index (κ3) is 4.57. The minimum atomic E-state index is -0.0809. The van der Waals surface area contributed by atoms with Gasteiger partial charge < -0.3 is 9.80 Å². The molecule has 0 aliphatic carbocycles. The van der Waals surface area contributed by atoms with Gasteiger partial charge in [-0.1, -0.05) is 35.3 Å². The van der Waals surface area contributed by atoms with E-state index >= 15 is 0 Å². The van der Waals surface area contributed by atoms with Gasteiger partial charge in [-0.25, -0.2) is 4.98 Å². The number of piperazine rings is 1. The monoisotopic (exact) mass is 428 g/mol. The molecule has 1 saturated heterocycles. The van der Waals surface area contributed by atoms with Crippen LogP contribution in [-0.4, -0.2) is 36.1 Å². The molecule has 2 aromatic carbocycles. The molecule has 0 atom stereocenters. The van der Waals surface area contributed by atoms with Gasteiger partial charge in [0, 0.05) is 53.9 Å². The Hall–Kier alpha value is -2.50. The molecular formula is C22H22Cl2N4O. The summed E-state index contributed by atoms with van der Waals surface area (Å²) in [5, 5.41) is 1.42. The van der Waals surface area contributed by atoms with Crippen LogP contribution in [0.4, 0.5) is 11.6 Å². The van der Waals surface area contributed by atoms with Gasteiger partial charge >= 0.3 is 0 Å². The van der Waals surface area contributed by atoms with Crippen molar-refractivity contribution < 1.29 is 0 Å². The molecule has 0 spiro atoms. The van der Waals surface area contributed by atoms with Gasteiger partial charge in [0.15, 0.2) is 0 Å². The number of H-pyrrole nitrogens is 1. The number of halogens is 2. The summed E-state index contributed by atoms with van der Waals surface area (Å²) >= 11 is 11.9. The first-order valence-corrected chi connectivity index (χ1v) is 10.3. The molecule has 7 heteroatoms. The molecule has 0 bridgehead atoms. The van der Waals surface area contributed by atoms with E-state index in [9.17, 15) is 4.79 Å². The fourth-order valence-electron chi connectivity index (χ4n) is 3.59. The van der Waals surface area contributed by atoms with Crippen LogP contribution in [0, 0.1) is 6.92 Å². The number of aromatic nitrogens is 2. The molecule has 5 nitrogen and oxygen atoms in total. The first-order valence-electron chi connectivity index (χ1n) is 9.59. The summed E-state index contributed by atoms with van der Waals surface area (Å²) in [6.07, 6.45) is 0.538. The van der Waals surface area contributed by atoms with Crippen LogP contribution in [0.1, 0.15) is 16.8 Å². The summed E-state index contributed by atoms with van der Waals surface area (Å²) in [6, 6.07) is 15.4. The molecule has 0 amide bonds. The number of aromatic amines is 1. The van der Waals surface area contributed by atoms with E-state index in [0.29, 0.717) is 23.0 Å². The molecular weight excluding hydrogens is 407 g/mol. The van der Waals surface area contributed by atoms with E-state index in [1.165, 1.54) is 0 Å². The SMILES string of the molecule is Cc1nc(N2CCN(c3ccc(Cl)cc3)CC2)[nH]c(=O)c1Cc1ccc(Cl)cc1.